The fourth-order valence-electron chi connectivity index (χ4n) is 4.49. The van der Waals surface area contributed by atoms with Crippen LogP contribution in [0.2, 0.25) is 0 Å². The average molecular weight is 403 g/mol. The molecule has 4 heterocycles. The molecule has 1 aliphatic rings. The van der Waals surface area contributed by atoms with Crippen LogP contribution in [0.4, 0.5) is 5.82 Å². The minimum Gasteiger partial charge on any atom is -0.507 e. The number of rotatable bonds is 3. The zero-order chi connectivity index (χ0) is 21.0. The second-order valence-corrected chi connectivity index (χ2v) is 8.32. The van der Waals surface area contributed by atoms with E-state index in [-0.39, 0.29) is 5.75 Å². The van der Waals surface area contributed by atoms with E-state index >= 15 is 0 Å². The molecule has 2 atom stereocenters. The van der Waals surface area contributed by atoms with Gasteiger partial charge in [-0.2, -0.15) is 5.10 Å². The molecule has 1 fully saturated rings. The second kappa shape index (κ2) is 6.95. The van der Waals surface area contributed by atoms with Crippen molar-refractivity contribution in [2.24, 2.45) is 13.0 Å². The van der Waals surface area contributed by atoms with Crippen molar-refractivity contribution >= 4 is 27.8 Å². The number of nitrogens with zero attached hydrogens (tertiary/aromatic N) is 5. The molecule has 1 saturated heterocycles. The zero-order valence-corrected chi connectivity index (χ0v) is 17.7. The molecule has 7 nitrogen and oxygen atoms in total. The Labute approximate surface area is 175 Å². The summed E-state index contributed by atoms with van der Waals surface area (Å²) in [5.41, 5.74) is 4.69. The number of phenols is 1. The maximum absolute atomic E-state index is 10.8. The van der Waals surface area contributed by atoms with E-state index in [2.05, 4.69) is 22.2 Å². The third-order valence-corrected chi connectivity index (χ3v) is 6.23. The lowest BCUT2D eigenvalue weighted by atomic mass is 10.0. The molecule has 0 aliphatic carbocycles. The molecule has 5 rings (SSSR count). The molecule has 1 aromatic carbocycles. The predicted octanol–water partition coefficient (Wildman–Crippen LogP) is 3.24. The molecule has 1 aliphatic heterocycles. The van der Waals surface area contributed by atoms with Crippen molar-refractivity contribution in [2.75, 3.05) is 25.0 Å². The number of hydrogen-bond donors (Lipinski definition) is 2. The van der Waals surface area contributed by atoms with Crippen molar-refractivity contribution in [1.29, 1.82) is 0 Å². The lowest BCUT2D eigenvalue weighted by molar-refractivity contribution is 0.474. The van der Waals surface area contributed by atoms with Crippen molar-refractivity contribution in [1.82, 2.24) is 25.1 Å². The highest BCUT2D eigenvalue weighted by Gasteiger charge is 2.29. The molecule has 7 heteroatoms. The third kappa shape index (κ3) is 2.97. The Kier molecular flexibility index (Phi) is 4.36. The summed E-state index contributed by atoms with van der Waals surface area (Å²) in [7, 11) is 3.90. The van der Waals surface area contributed by atoms with Crippen molar-refractivity contribution in [2.45, 2.75) is 19.9 Å². The summed E-state index contributed by atoms with van der Waals surface area (Å²) < 4.78 is 1.76. The lowest BCUT2D eigenvalue weighted by Gasteiger charge is -2.17. The normalized spacial score (nSPS) is 19.3. The summed E-state index contributed by atoms with van der Waals surface area (Å²) in [5.74, 6) is 1.79. The summed E-state index contributed by atoms with van der Waals surface area (Å²) in [5, 5.41) is 19.6. The molecule has 0 radical (unpaired) electrons. The van der Waals surface area contributed by atoms with E-state index in [9.17, 15) is 5.11 Å². The first kappa shape index (κ1) is 18.8. The fourth-order valence-corrected chi connectivity index (χ4v) is 4.49. The third-order valence-electron chi connectivity index (χ3n) is 6.23. The number of aryl methyl sites for hydroxylation is 2. The fraction of sp³-hybridized carbons (Fsp3) is 0.348. The second-order valence-electron chi connectivity index (χ2n) is 8.32. The first-order valence-corrected chi connectivity index (χ1v) is 10.3. The smallest absolute Gasteiger partial charge is 0.130 e. The molecule has 0 bridgehead atoms. The Morgan fingerprint density at radius 2 is 1.87 bits per heavy atom. The summed E-state index contributed by atoms with van der Waals surface area (Å²) in [6.07, 6.45) is 1.95. The van der Waals surface area contributed by atoms with Crippen molar-refractivity contribution < 1.29 is 5.11 Å². The van der Waals surface area contributed by atoms with Crippen LogP contribution in [-0.2, 0) is 7.05 Å². The number of fused-ring (bicyclic) bond motifs is 2. The Hall–Kier alpha value is -3.19. The van der Waals surface area contributed by atoms with Crippen molar-refractivity contribution in [3.63, 3.8) is 0 Å². The van der Waals surface area contributed by atoms with Gasteiger partial charge in [-0.15, -0.1) is 0 Å². The number of phenolic OH excluding ortho intramolecular Hbond substituents is 1. The SMILES string of the molecule is CN[C@@H]1CN(c2ccc3nc(-c4cc5cn(C)nc5c(C)c4O)ccc3n2)C[C@H]1C. The van der Waals surface area contributed by atoms with Gasteiger partial charge in [-0.25, -0.2) is 9.97 Å². The Morgan fingerprint density at radius 3 is 2.63 bits per heavy atom. The molecule has 4 aromatic rings. The number of pyridine rings is 2. The van der Waals surface area contributed by atoms with Crippen molar-refractivity contribution in [3.05, 3.63) is 42.1 Å². The van der Waals surface area contributed by atoms with Crippen LogP contribution in [0.25, 0.3) is 33.2 Å². The highest BCUT2D eigenvalue weighted by Crippen LogP contribution is 2.36. The first-order valence-electron chi connectivity index (χ1n) is 10.3. The van der Waals surface area contributed by atoms with Gasteiger partial charge in [-0.05, 0) is 50.2 Å². The van der Waals surface area contributed by atoms with Crippen LogP contribution in [0.15, 0.2) is 36.5 Å². The maximum Gasteiger partial charge on any atom is 0.130 e. The number of anilines is 1. The highest BCUT2D eigenvalue weighted by molar-refractivity contribution is 5.91. The average Bonchev–Trinajstić information content (AvgIpc) is 3.31. The van der Waals surface area contributed by atoms with Gasteiger partial charge in [0.2, 0.25) is 0 Å². The summed E-state index contributed by atoms with van der Waals surface area (Å²) >= 11 is 0. The van der Waals surface area contributed by atoms with E-state index in [1.807, 2.05) is 57.5 Å². The monoisotopic (exact) mass is 402 g/mol. The number of aromatic hydroxyl groups is 1. The van der Waals surface area contributed by atoms with Crippen molar-refractivity contribution in [3.8, 4) is 17.0 Å². The maximum atomic E-state index is 10.8. The Morgan fingerprint density at radius 1 is 1.10 bits per heavy atom. The van der Waals surface area contributed by atoms with Crippen LogP contribution < -0.4 is 10.2 Å². The highest BCUT2D eigenvalue weighted by atomic mass is 16.3. The Balaban J connectivity index is 1.53. The number of benzene rings is 1. The van der Waals surface area contributed by atoms with Gasteiger partial charge in [0.1, 0.15) is 11.6 Å². The van der Waals surface area contributed by atoms with E-state index < -0.39 is 0 Å². The van der Waals surface area contributed by atoms with Gasteiger partial charge < -0.3 is 15.3 Å². The molecule has 0 saturated carbocycles. The van der Waals surface area contributed by atoms with Crippen LogP contribution in [0, 0.1) is 12.8 Å². The van der Waals surface area contributed by atoms with Crippen LogP contribution >= 0.6 is 0 Å². The topological polar surface area (TPSA) is 79.1 Å². The van der Waals surface area contributed by atoms with Gasteiger partial charge in [-0.1, -0.05) is 6.92 Å². The van der Waals surface area contributed by atoms with E-state index in [4.69, 9.17) is 9.97 Å². The number of hydrogen-bond acceptors (Lipinski definition) is 6. The van der Waals surface area contributed by atoms with E-state index in [1.54, 1.807) is 4.68 Å². The van der Waals surface area contributed by atoms with Crippen LogP contribution in [0.3, 0.4) is 0 Å². The molecule has 3 aromatic heterocycles. The van der Waals surface area contributed by atoms with Gasteiger partial charge in [0.25, 0.3) is 0 Å². The summed E-state index contributed by atoms with van der Waals surface area (Å²) in [4.78, 5) is 12.0. The molecular formula is C23H26N6O. The Bertz CT molecular complexity index is 1260. The molecule has 2 N–H and O–H groups in total. The van der Waals surface area contributed by atoms with E-state index in [0.29, 0.717) is 17.5 Å². The predicted molar refractivity (Wildman–Crippen MR) is 120 cm³/mol. The molecule has 0 spiro atoms. The van der Waals surface area contributed by atoms with Gasteiger partial charge in [-0.3, -0.25) is 4.68 Å². The standard InChI is InChI=1S/C23H26N6O/c1-13-10-29(12-20(13)24-3)21-8-7-18-19(26-21)6-5-17(25-18)16-9-15-11-28(4)27-22(15)14(2)23(16)30/h5-9,11,13,20,24,30H,10,12H2,1-4H3/t13-,20-/m1/s1. The molecule has 0 amide bonds. The van der Waals surface area contributed by atoms with Gasteiger partial charge in [0.15, 0.2) is 0 Å². The number of likely N-dealkylation sites (N-methyl/N-ethyl adjacent to an activating group) is 1. The van der Waals surface area contributed by atoms with Crippen LogP contribution in [-0.4, -0.2) is 51.0 Å². The van der Waals surface area contributed by atoms with Crippen LogP contribution in [0.5, 0.6) is 5.75 Å². The van der Waals surface area contributed by atoms with Crippen LogP contribution in [0.1, 0.15) is 12.5 Å². The number of aromatic nitrogens is 4. The molecule has 30 heavy (non-hydrogen) atoms. The first-order chi connectivity index (χ1) is 14.4. The largest absolute Gasteiger partial charge is 0.507 e. The lowest BCUT2D eigenvalue weighted by Crippen LogP contribution is -2.32. The summed E-state index contributed by atoms with van der Waals surface area (Å²) in [6.45, 7) is 6.11. The minimum absolute atomic E-state index is 0.224. The number of nitrogens with one attached hydrogen (secondary N) is 1. The summed E-state index contributed by atoms with van der Waals surface area (Å²) in [6, 6.07) is 10.4. The molecule has 154 valence electrons. The quantitative estimate of drug-likeness (QED) is 0.548. The minimum atomic E-state index is 0.224. The van der Waals surface area contributed by atoms with E-state index in [0.717, 1.165) is 52.1 Å². The van der Waals surface area contributed by atoms with Gasteiger partial charge in [0.05, 0.1) is 22.2 Å². The van der Waals surface area contributed by atoms with Gasteiger partial charge >= 0.3 is 0 Å². The molecule has 0 unspecified atom stereocenters. The molecular weight excluding hydrogens is 376 g/mol. The van der Waals surface area contributed by atoms with Gasteiger partial charge in [0, 0.05) is 48.9 Å². The zero-order valence-electron chi connectivity index (χ0n) is 17.7. The van der Waals surface area contributed by atoms with E-state index in [1.165, 1.54) is 0 Å².